The molecule has 1 aromatic heterocycles. The maximum atomic E-state index is 13.5. The predicted molar refractivity (Wildman–Crippen MR) is 90.6 cm³/mol. The van der Waals surface area contributed by atoms with Crippen LogP contribution in [0.4, 0.5) is 4.39 Å². The molecule has 7 heteroatoms. The Kier molecular flexibility index (Phi) is 5.97. The first-order valence-corrected chi connectivity index (χ1v) is 7.80. The minimum atomic E-state index is -0.197. The fourth-order valence-electron chi connectivity index (χ4n) is 2.77. The van der Waals surface area contributed by atoms with Crippen molar-refractivity contribution in [2.45, 2.75) is 12.6 Å². The molecule has 2 aromatic rings. The Morgan fingerprint density at radius 2 is 2.27 bits per heavy atom. The summed E-state index contributed by atoms with van der Waals surface area (Å²) < 4.78 is 16.5. The van der Waals surface area contributed by atoms with Crippen LogP contribution in [0.25, 0.3) is 0 Å². The molecule has 0 radical (unpaired) electrons. The van der Waals surface area contributed by atoms with Crippen LogP contribution in [0.2, 0.25) is 0 Å². The van der Waals surface area contributed by atoms with Gasteiger partial charge in [0, 0.05) is 50.1 Å². The highest BCUT2D eigenvalue weighted by Gasteiger charge is 2.27. The maximum absolute atomic E-state index is 13.5. The van der Waals surface area contributed by atoms with Crippen molar-refractivity contribution >= 4 is 28.3 Å². The molecule has 1 aliphatic rings. The van der Waals surface area contributed by atoms with Crippen molar-refractivity contribution < 1.29 is 4.39 Å². The lowest BCUT2D eigenvalue weighted by Gasteiger charge is -2.35. The van der Waals surface area contributed by atoms with E-state index < -0.39 is 0 Å². The van der Waals surface area contributed by atoms with E-state index in [0.717, 1.165) is 35.5 Å². The average molecular weight is 390 g/mol. The van der Waals surface area contributed by atoms with Gasteiger partial charge < -0.3 is 9.88 Å². The molecule has 1 fully saturated rings. The molecular formula is C15H19BrClFN4. The number of halogens is 3. The molecule has 0 spiro atoms. The van der Waals surface area contributed by atoms with Crippen LogP contribution in [0.1, 0.15) is 17.4 Å². The van der Waals surface area contributed by atoms with Gasteiger partial charge in [-0.1, -0.05) is 15.9 Å². The fourth-order valence-corrected chi connectivity index (χ4v) is 3.14. The van der Waals surface area contributed by atoms with E-state index in [4.69, 9.17) is 0 Å². The molecule has 3 rings (SSSR count). The van der Waals surface area contributed by atoms with Gasteiger partial charge >= 0.3 is 0 Å². The third-order valence-corrected chi connectivity index (χ3v) is 4.67. The second kappa shape index (κ2) is 7.55. The van der Waals surface area contributed by atoms with Gasteiger partial charge in [-0.05, 0) is 23.8 Å². The quantitative estimate of drug-likeness (QED) is 0.876. The summed E-state index contributed by atoms with van der Waals surface area (Å²) in [4.78, 5) is 6.81. The van der Waals surface area contributed by atoms with Gasteiger partial charge in [-0.25, -0.2) is 9.37 Å². The molecule has 1 aliphatic heterocycles. The topological polar surface area (TPSA) is 33.1 Å². The van der Waals surface area contributed by atoms with Gasteiger partial charge in [-0.2, -0.15) is 0 Å². The lowest BCUT2D eigenvalue weighted by molar-refractivity contribution is 0.144. The minimum Gasteiger partial charge on any atom is -0.337 e. The van der Waals surface area contributed by atoms with E-state index in [1.54, 1.807) is 12.1 Å². The highest BCUT2D eigenvalue weighted by atomic mass is 79.9. The van der Waals surface area contributed by atoms with Crippen LogP contribution in [-0.2, 0) is 13.6 Å². The number of hydrogen-bond donors (Lipinski definition) is 1. The summed E-state index contributed by atoms with van der Waals surface area (Å²) >= 11 is 3.51. The lowest BCUT2D eigenvalue weighted by atomic mass is 10.1. The lowest BCUT2D eigenvalue weighted by Crippen LogP contribution is -2.46. The molecule has 1 aromatic carbocycles. The molecule has 1 unspecified atom stereocenters. The SMILES string of the molecule is Cl.Cn1ccnc1C1CNCCN1Cc1cc(F)ccc1Br. The first-order valence-electron chi connectivity index (χ1n) is 7.01. The Morgan fingerprint density at radius 3 is 3.00 bits per heavy atom. The summed E-state index contributed by atoms with van der Waals surface area (Å²) in [6.45, 7) is 3.42. The van der Waals surface area contributed by atoms with Crippen LogP contribution in [0.3, 0.4) is 0 Å². The summed E-state index contributed by atoms with van der Waals surface area (Å²) in [7, 11) is 2.01. The Morgan fingerprint density at radius 1 is 1.45 bits per heavy atom. The van der Waals surface area contributed by atoms with E-state index in [0.29, 0.717) is 6.54 Å². The fraction of sp³-hybridized carbons (Fsp3) is 0.400. The van der Waals surface area contributed by atoms with Crippen molar-refractivity contribution in [3.05, 3.63) is 52.3 Å². The second-order valence-electron chi connectivity index (χ2n) is 5.32. The van der Waals surface area contributed by atoms with E-state index in [-0.39, 0.29) is 24.3 Å². The van der Waals surface area contributed by atoms with E-state index >= 15 is 0 Å². The van der Waals surface area contributed by atoms with Gasteiger partial charge in [0.1, 0.15) is 11.6 Å². The van der Waals surface area contributed by atoms with Gasteiger partial charge in [0.2, 0.25) is 0 Å². The third kappa shape index (κ3) is 3.68. The van der Waals surface area contributed by atoms with Crippen molar-refractivity contribution in [1.82, 2.24) is 19.8 Å². The standard InChI is InChI=1S/C15H18BrFN4.ClH/c1-20-6-5-19-15(20)14-9-18-4-7-21(14)10-11-8-12(17)2-3-13(11)16;/h2-3,5-6,8,14,18H,4,7,9-10H2,1H3;1H. The number of piperazine rings is 1. The molecule has 22 heavy (non-hydrogen) atoms. The summed E-state index contributed by atoms with van der Waals surface area (Å²) in [5.41, 5.74) is 0.969. The molecule has 120 valence electrons. The van der Waals surface area contributed by atoms with Crippen LogP contribution in [0, 0.1) is 5.82 Å². The minimum absolute atomic E-state index is 0. The van der Waals surface area contributed by atoms with Crippen LogP contribution >= 0.6 is 28.3 Å². The monoisotopic (exact) mass is 388 g/mol. The number of benzene rings is 1. The van der Waals surface area contributed by atoms with E-state index in [2.05, 4.69) is 31.1 Å². The van der Waals surface area contributed by atoms with Crippen molar-refractivity contribution in [2.24, 2.45) is 7.05 Å². The Balaban J connectivity index is 0.00000176. The number of aryl methyl sites for hydroxylation is 1. The van der Waals surface area contributed by atoms with Gasteiger partial charge in [-0.15, -0.1) is 12.4 Å². The van der Waals surface area contributed by atoms with Crippen LogP contribution in [0.15, 0.2) is 35.1 Å². The smallest absolute Gasteiger partial charge is 0.127 e. The largest absolute Gasteiger partial charge is 0.337 e. The third-order valence-electron chi connectivity index (χ3n) is 3.89. The number of rotatable bonds is 3. The molecule has 0 bridgehead atoms. The summed E-state index contributed by atoms with van der Waals surface area (Å²) in [5.74, 6) is 0.839. The molecule has 0 saturated carbocycles. The zero-order valence-corrected chi connectivity index (χ0v) is 14.7. The molecule has 4 nitrogen and oxygen atoms in total. The summed E-state index contributed by atoms with van der Waals surface area (Å²) in [6.07, 6.45) is 3.78. The number of hydrogen-bond acceptors (Lipinski definition) is 3. The molecule has 2 heterocycles. The highest BCUT2D eigenvalue weighted by molar-refractivity contribution is 9.10. The first kappa shape index (κ1) is 17.4. The Hall–Kier alpha value is -0.950. The average Bonchev–Trinajstić information content (AvgIpc) is 2.90. The molecule has 1 atom stereocenters. The van der Waals surface area contributed by atoms with Crippen molar-refractivity contribution in [3.63, 3.8) is 0 Å². The van der Waals surface area contributed by atoms with E-state index in [9.17, 15) is 4.39 Å². The van der Waals surface area contributed by atoms with Crippen molar-refractivity contribution in [3.8, 4) is 0 Å². The normalized spacial score (nSPS) is 19.0. The Labute approximate surface area is 144 Å². The molecule has 1 saturated heterocycles. The second-order valence-corrected chi connectivity index (χ2v) is 6.18. The van der Waals surface area contributed by atoms with Gasteiger partial charge in [0.05, 0.1) is 6.04 Å². The molecule has 0 amide bonds. The van der Waals surface area contributed by atoms with Crippen LogP contribution < -0.4 is 5.32 Å². The van der Waals surface area contributed by atoms with Gasteiger partial charge in [-0.3, -0.25) is 4.90 Å². The summed E-state index contributed by atoms with van der Waals surface area (Å²) in [6, 6.07) is 5.04. The first-order chi connectivity index (χ1) is 10.1. The number of nitrogens with one attached hydrogen (secondary N) is 1. The van der Waals surface area contributed by atoms with Gasteiger partial charge in [0.25, 0.3) is 0 Å². The number of aromatic nitrogens is 2. The van der Waals surface area contributed by atoms with E-state index in [1.807, 2.05) is 24.0 Å². The van der Waals surface area contributed by atoms with Crippen molar-refractivity contribution in [2.75, 3.05) is 19.6 Å². The molecule has 1 N–H and O–H groups in total. The zero-order valence-electron chi connectivity index (χ0n) is 12.3. The highest BCUT2D eigenvalue weighted by Crippen LogP contribution is 2.26. The number of imidazole rings is 1. The van der Waals surface area contributed by atoms with Crippen LogP contribution in [0.5, 0.6) is 0 Å². The molecule has 0 aliphatic carbocycles. The zero-order chi connectivity index (χ0) is 14.8. The number of nitrogens with zero attached hydrogens (tertiary/aromatic N) is 3. The predicted octanol–water partition coefficient (Wildman–Crippen LogP) is 2.89. The van der Waals surface area contributed by atoms with Crippen LogP contribution in [-0.4, -0.2) is 34.1 Å². The van der Waals surface area contributed by atoms with E-state index in [1.165, 1.54) is 6.07 Å². The Bertz CT molecular complexity index is 634. The van der Waals surface area contributed by atoms with Gasteiger partial charge in [0.15, 0.2) is 0 Å². The summed E-state index contributed by atoms with van der Waals surface area (Å²) in [5, 5.41) is 3.41. The van der Waals surface area contributed by atoms with Crippen molar-refractivity contribution in [1.29, 1.82) is 0 Å². The maximum Gasteiger partial charge on any atom is 0.127 e. The molecular weight excluding hydrogens is 371 g/mol.